The topological polar surface area (TPSA) is 41.5 Å². The Morgan fingerprint density at radius 1 is 1.22 bits per heavy atom. The lowest BCUT2D eigenvalue weighted by atomic mass is 9.83. The molecule has 0 aromatic rings. The maximum Gasteiger partial charge on any atom is 0.0610 e. The van der Waals surface area contributed by atoms with Crippen molar-refractivity contribution in [2.45, 2.75) is 69.9 Å². The van der Waals surface area contributed by atoms with Crippen molar-refractivity contribution in [3.05, 3.63) is 0 Å². The van der Waals surface area contributed by atoms with E-state index >= 15 is 0 Å². The number of hydrogen-bond donors (Lipinski definition) is 2. The Morgan fingerprint density at radius 2 is 2.00 bits per heavy atom. The van der Waals surface area contributed by atoms with E-state index in [1.54, 1.807) is 0 Å². The summed E-state index contributed by atoms with van der Waals surface area (Å²) in [6.07, 6.45) is 10.1. The molecule has 18 heavy (non-hydrogen) atoms. The third-order valence-corrected chi connectivity index (χ3v) is 4.39. The van der Waals surface area contributed by atoms with Crippen molar-refractivity contribution in [2.24, 2.45) is 5.92 Å². The lowest BCUT2D eigenvalue weighted by Gasteiger charge is -2.29. The third-order valence-electron chi connectivity index (χ3n) is 4.39. The Labute approximate surface area is 111 Å². The molecule has 106 valence electrons. The minimum atomic E-state index is -0.0987. The molecule has 0 bridgehead atoms. The lowest BCUT2D eigenvalue weighted by Crippen LogP contribution is -2.47. The van der Waals surface area contributed by atoms with Gasteiger partial charge in [-0.15, -0.1) is 0 Å². The standard InChI is InChI=1S/C15H29NO2/c1-15(12-17,16-14-6-7-14)9-3-10-18-11-8-13-4-2-5-13/h13-14,16-17H,2-12H2,1H3. The number of aliphatic hydroxyl groups excluding tert-OH is 1. The minimum absolute atomic E-state index is 0.0987. The normalized spacial score (nSPS) is 23.7. The molecule has 0 spiro atoms. The van der Waals surface area contributed by atoms with Gasteiger partial charge in [0, 0.05) is 24.8 Å². The Morgan fingerprint density at radius 3 is 2.56 bits per heavy atom. The van der Waals surface area contributed by atoms with Crippen LogP contribution in [0.1, 0.15) is 58.3 Å². The second-order valence-corrected chi connectivity index (χ2v) is 6.44. The minimum Gasteiger partial charge on any atom is -0.394 e. The molecule has 0 saturated heterocycles. The smallest absolute Gasteiger partial charge is 0.0610 e. The highest BCUT2D eigenvalue weighted by atomic mass is 16.5. The molecular weight excluding hydrogens is 226 g/mol. The van der Waals surface area contributed by atoms with Crippen LogP contribution in [0, 0.1) is 5.92 Å². The van der Waals surface area contributed by atoms with Crippen LogP contribution in [0.15, 0.2) is 0 Å². The molecule has 0 radical (unpaired) electrons. The van der Waals surface area contributed by atoms with Crippen LogP contribution in [0.5, 0.6) is 0 Å². The summed E-state index contributed by atoms with van der Waals surface area (Å²) in [5, 5.41) is 13.0. The van der Waals surface area contributed by atoms with Crippen LogP contribution < -0.4 is 5.32 Å². The second kappa shape index (κ2) is 6.88. The van der Waals surface area contributed by atoms with Crippen molar-refractivity contribution in [3.63, 3.8) is 0 Å². The predicted octanol–water partition coefficient (Wildman–Crippen LogP) is 2.48. The average Bonchev–Trinajstić information content (AvgIpc) is 3.09. The SMILES string of the molecule is CC(CO)(CCCOCCC1CCC1)NC1CC1. The molecule has 2 saturated carbocycles. The highest BCUT2D eigenvalue weighted by Crippen LogP contribution is 2.29. The van der Waals surface area contributed by atoms with Crippen molar-refractivity contribution in [1.29, 1.82) is 0 Å². The van der Waals surface area contributed by atoms with E-state index in [0.717, 1.165) is 32.0 Å². The molecular formula is C15H29NO2. The first-order chi connectivity index (χ1) is 8.72. The summed E-state index contributed by atoms with van der Waals surface area (Å²) >= 11 is 0. The van der Waals surface area contributed by atoms with Crippen molar-refractivity contribution in [3.8, 4) is 0 Å². The molecule has 2 aliphatic rings. The summed E-state index contributed by atoms with van der Waals surface area (Å²) in [6.45, 7) is 4.12. The van der Waals surface area contributed by atoms with Crippen molar-refractivity contribution in [2.75, 3.05) is 19.8 Å². The molecule has 3 heteroatoms. The van der Waals surface area contributed by atoms with Gasteiger partial charge in [-0.2, -0.15) is 0 Å². The molecule has 0 aromatic heterocycles. The van der Waals surface area contributed by atoms with Crippen LogP contribution in [0.2, 0.25) is 0 Å². The van der Waals surface area contributed by atoms with Gasteiger partial charge in [-0.25, -0.2) is 0 Å². The van der Waals surface area contributed by atoms with Crippen LogP contribution in [-0.4, -0.2) is 36.5 Å². The van der Waals surface area contributed by atoms with E-state index in [1.807, 2.05) is 0 Å². The first-order valence-electron chi connectivity index (χ1n) is 7.68. The van der Waals surface area contributed by atoms with Crippen LogP contribution in [0.25, 0.3) is 0 Å². The predicted molar refractivity (Wildman–Crippen MR) is 73.7 cm³/mol. The third kappa shape index (κ3) is 4.87. The maximum absolute atomic E-state index is 9.47. The average molecular weight is 255 g/mol. The summed E-state index contributed by atoms with van der Waals surface area (Å²) in [5.74, 6) is 0.948. The zero-order valence-electron chi connectivity index (χ0n) is 11.8. The highest BCUT2D eigenvalue weighted by molar-refractivity contribution is 4.92. The Balaban J connectivity index is 1.47. The molecule has 3 nitrogen and oxygen atoms in total. The van der Waals surface area contributed by atoms with Crippen LogP contribution in [0.4, 0.5) is 0 Å². The number of aliphatic hydroxyl groups is 1. The van der Waals surface area contributed by atoms with Gasteiger partial charge in [0.1, 0.15) is 0 Å². The Hall–Kier alpha value is -0.120. The molecule has 2 fully saturated rings. The zero-order chi connectivity index (χ0) is 12.8. The second-order valence-electron chi connectivity index (χ2n) is 6.44. The molecule has 2 rings (SSSR count). The number of nitrogens with one attached hydrogen (secondary N) is 1. The van der Waals surface area contributed by atoms with Gasteiger partial charge in [0.05, 0.1) is 6.61 Å². The van der Waals surface area contributed by atoms with Gasteiger partial charge in [0.2, 0.25) is 0 Å². The van der Waals surface area contributed by atoms with Crippen LogP contribution in [0.3, 0.4) is 0 Å². The molecule has 2 aliphatic carbocycles. The van der Waals surface area contributed by atoms with E-state index in [2.05, 4.69) is 12.2 Å². The molecule has 0 aliphatic heterocycles. The van der Waals surface area contributed by atoms with E-state index in [1.165, 1.54) is 38.5 Å². The number of hydrogen-bond acceptors (Lipinski definition) is 3. The Bertz CT molecular complexity index is 239. The number of ether oxygens (including phenoxy) is 1. The summed E-state index contributed by atoms with van der Waals surface area (Å²) < 4.78 is 5.69. The van der Waals surface area contributed by atoms with Crippen molar-refractivity contribution < 1.29 is 9.84 Å². The van der Waals surface area contributed by atoms with Crippen LogP contribution in [-0.2, 0) is 4.74 Å². The Kier molecular flexibility index (Phi) is 5.46. The molecule has 0 heterocycles. The fourth-order valence-electron chi connectivity index (χ4n) is 2.62. The highest BCUT2D eigenvalue weighted by Gasteiger charge is 2.31. The molecule has 1 unspecified atom stereocenters. The molecule has 2 N–H and O–H groups in total. The first-order valence-corrected chi connectivity index (χ1v) is 7.68. The zero-order valence-corrected chi connectivity index (χ0v) is 11.8. The van der Waals surface area contributed by atoms with Gasteiger partial charge < -0.3 is 15.2 Å². The summed E-state index contributed by atoms with van der Waals surface area (Å²) in [5.41, 5.74) is -0.0987. The van der Waals surface area contributed by atoms with E-state index in [-0.39, 0.29) is 12.1 Å². The molecule has 0 amide bonds. The van der Waals surface area contributed by atoms with Crippen LogP contribution >= 0.6 is 0 Å². The molecule has 0 aromatic carbocycles. The van der Waals surface area contributed by atoms with Crippen molar-refractivity contribution in [1.82, 2.24) is 5.32 Å². The largest absolute Gasteiger partial charge is 0.394 e. The quantitative estimate of drug-likeness (QED) is 0.589. The fourth-order valence-corrected chi connectivity index (χ4v) is 2.62. The summed E-state index contributed by atoms with van der Waals surface area (Å²) in [7, 11) is 0. The summed E-state index contributed by atoms with van der Waals surface area (Å²) in [6, 6.07) is 0.654. The monoisotopic (exact) mass is 255 g/mol. The van der Waals surface area contributed by atoms with Gasteiger partial charge in [-0.1, -0.05) is 19.3 Å². The van der Waals surface area contributed by atoms with E-state index in [4.69, 9.17) is 4.74 Å². The van der Waals surface area contributed by atoms with Gasteiger partial charge in [-0.05, 0) is 44.9 Å². The summed E-state index contributed by atoms with van der Waals surface area (Å²) in [4.78, 5) is 0. The van der Waals surface area contributed by atoms with Gasteiger partial charge in [0.15, 0.2) is 0 Å². The lowest BCUT2D eigenvalue weighted by molar-refractivity contribution is 0.0912. The van der Waals surface area contributed by atoms with Gasteiger partial charge in [-0.3, -0.25) is 0 Å². The first kappa shape index (κ1) is 14.3. The van der Waals surface area contributed by atoms with E-state index in [9.17, 15) is 5.11 Å². The van der Waals surface area contributed by atoms with Gasteiger partial charge >= 0.3 is 0 Å². The van der Waals surface area contributed by atoms with E-state index in [0.29, 0.717) is 6.04 Å². The van der Waals surface area contributed by atoms with Gasteiger partial charge in [0.25, 0.3) is 0 Å². The maximum atomic E-state index is 9.47. The molecule has 1 atom stereocenters. The van der Waals surface area contributed by atoms with Crippen molar-refractivity contribution >= 4 is 0 Å². The van der Waals surface area contributed by atoms with E-state index < -0.39 is 0 Å². The fraction of sp³-hybridized carbons (Fsp3) is 1.00. The number of rotatable bonds is 10.